The summed E-state index contributed by atoms with van der Waals surface area (Å²) < 4.78 is 0. The van der Waals surface area contributed by atoms with Crippen LogP contribution in [-0.4, -0.2) is 77.5 Å². The third kappa shape index (κ3) is 7.85. The highest BCUT2D eigenvalue weighted by atomic mass is 16.3. The number of nitrogens with one attached hydrogen (secondary N) is 3. The van der Waals surface area contributed by atoms with E-state index in [2.05, 4.69) is 41.6 Å². The molecular weight excluding hydrogens is 464 g/mol. The zero-order chi connectivity index (χ0) is 26.4. The van der Waals surface area contributed by atoms with E-state index in [4.69, 9.17) is 0 Å². The molecule has 0 aromatic heterocycles. The highest BCUT2D eigenvalue weighted by molar-refractivity contribution is 5.79. The summed E-state index contributed by atoms with van der Waals surface area (Å²) in [5, 5.41) is 32.1. The molecule has 5 N–H and O–H groups in total. The van der Waals surface area contributed by atoms with Crippen LogP contribution in [0.25, 0.3) is 0 Å². The van der Waals surface area contributed by atoms with Crippen LogP contribution < -0.4 is 16.0 Å². The summed E-state index contributed by atoms with van der Waals surface area (Å²) in [4.78, 5) is 15.9. The molecule has 1 fully saturated rings. The van der Waals surface area contributed by atoms with Crippen LogP contribution in [-0.2, 0) is 17.6 Å². The average Bonchev–Trinajstić information content (AvgIpc) is 3.18. The predicted octanol–water partition coefficient (Wildman–Crippen LogP) is 2.03. The summed E-state index contributed by atoms with van der Waals surface area (Å²) in [6, 6.07) is 17.7. The number of nitrogens with zero attached hydrogens (tertiary/aromatic N) is 1. The Kier molecular flexibility index (Phi) is 9.37. The van der Waals surface area contributed by atoms with E-state index in [0.717, 1.165) is 42.9 Å². The summed E-state index contributed by atoms with van der Waals surface area (Å²) in [5.41, 5.74) is 3.16. The number of β-amino-alcohol motifs (C(OH)–C–C–N with tert-alkyl or cyclic N) is 1. The maximum absolute atomic E-state index is 13.6. The van der Waals surface area contributed by atoms with Gasteiger partial charge < -0.3 is 26.2 Å². The predicted molar refractivity (Wildman–Crippen MR) is 147 cm³/mol. The van der Waals surface area contributed by atoms with E-state index in [-0.39, 0.29) is 17.5 Å². The normalized spacial score (nSPS) is 23.9. The highest BCUT2D eigenvalue weighted by Crippen LogP contribution is 2.32. The number of hydrogen-bond acceptors (Lipinski definition) is 6. The van der Waals surface area contributed by atoms with Gasteiger partial charge in [0, 0.05) is 56.6 Å². The molecule has 202 valence electrons. The standard InChI is InChI=1S/C30H44N4O3/c1-30(2,3)32-19-24-18-31-13-14-34(24)20-25(35)16-23(15-21-9-5-4-6-10-21)29(37)33-28-26-12-8-7-11-22(26)17-27(28)36/h4-12,23-25,27-28,31-32,35-36H,13-20H2,1-3H3,(H,33,37)/t23-,24+,25+,27-,28+/m1/s1. The van der Waals surface area contributed by atoms with Gasteiger partial charge >= 0.3 is 0 Å². The fourth-order valence-corrected chi connectivity index (χ4v) is 5.54. The zero-order valence-corrected chi connectivity index (χ0v) is 22.5. The fraction of sp³-hybridized carbons (Fsp3) is 0.567. The van der Waals surface area contributed by atoms with E-state index >= 15 is 0 Å². The molecule has 0 saturated carbocycles. The van der Waals surface area contributed by atoms with Gasteiger partial charge in [-0.2, -0.15) is 0 Å². The molecule has 2 aliphatic rings. The molecule has 0 radical (unpaired) electrons. The summed E-state index contributed by atoms with van der Waals surface area (Å²) in [5.74, 6) is -0.513. The second kappa shape index (κ2) is 12.5. The van der Waals surface area contributed by atoms with Crippen LogP contribution in [0.5, 0.6) is 0 Å². The number of aliphatic hydroxyl groups is 2. The van der Waals surface area contributed by atoms with Crippen molar-refractivity contribution in [3.63, 3.8) is 0 Å². The number of hydrogen-bond donors (Lipinski definition) is 5. The Hall–Kier alpha value is -2.29. The van der Waals surface area contributed by atoms with Crippen LogP contribution in [0.15, 0.2) is 54.6 Å². The number of aliphatic hydroxyl groups excluding tert-OH is 2. The Morgan fingerprint density at radius 3 is 2.62 bits per heavy atom. The van der Waals surface area contributed by atoms with Crippen molar-refractivity contribution in [2.75, 3.05) is 32.7 Å². The molecule has 2 aromatic rings. The van der Waals surface area contributed by atoms with Crippen molar-refractivity contribution >= 4 is 5.91 Å². The molecule has 5 atom stereocenters. The van der Waals surface area contributed by atoms with Gasteiger partial charge in [0.15, 0.2) is 0 Å². The summed E-state index contributed by atoms with van der Waals surface area (Å²) >= 11 is 0. The van der Waals surface area contributed by atoms with E-state index in [9.17, 15) is 15.0 Å². The van der Waals surface area contributed by atoms with Gasteiger partial charge in [0.05, 0.1) is 18.2 Å². The Bertz CT molecular complexity index is 1010. The average molecular weight is 509 g/mol. The summed E-state index contributed by atoms with van der Waals surface area (Å²) in [6.07, 6.45) is 0.190. The largest absolute Gasteiger partial charge is 0.392 e. The third-order valence-electron chi connectivity index (χ3n) is 7.54. The van der Waals surface area contributed by atoms with Crippen molar-refractivity contribution < 1.29 is 15.0 Å². The molecule has 0 bridgehead atoms. The number of amides is 1. The van der Waals surface area contributed by atoms with Gasteiger partial charge in [-0.3, -0.25) is 9.69 Å². The minimum Gasteiger partial charge on any atom is -0.392 e. The minimum absolute atomic E-state index is 0.0318. The lowest BCUT2D eigenvalue weighted by Crippen LogP contribution is -2.58. The van der Waals surface area contributed by atoms with Gasteiger partial charge in [-0.05, 0) is 50.3 Å². The molecule has 0 unspecified atom stereocenters. The van der Waals surface area contributed by atoms with Crippen LogP contribution in [0, 0.1) is 5.92 Å². The van der Waals surface area contributed by atoms with E-state index in [1.54, 1.807) is 0 Å². The quantitative estimate of drug-likeness (QED) is 0.337. The maximum atomic E-state index is 13.6. The molecule has 2 aromatic carbocycles. The second-order valence-electron chi connectivity index (χ2n) is 11.7. The van der Waals surface area contributed by atoms with E-state index in [1.165, 1.54) is 0 Å². The summed E-state index contributed by atoms with van der Waals surface area (Å²) in [6.45, 7) is 10.5. The Labute approximate surface area is 221 Å². The molecule has 1 aliphatic heterocycles. The smallest absolute Gasteiger partial charge is 0.224 e. The van der Waals surface area contributed by atoms with Crippen molar-refractivity contribution in [3.05, 3.63) is 71.3 Å². The molecule has 0 spiro atoms. The molecule has 37 heavy (non-hydrogen) atoms. The molecular formula is C30H44N4O3. The van der Waals surface area contributed by atoms with Crippen LogP contribution in [0.2, 0.25) is 0 Å². The number of rotatable bonds is 10. The number of piperazine rings is 1. The summed E-state index contributed by atoms with van der Waals surface area (Å²) in [7, 11) is 0. The topological polar surface area (TPSA) is 96.9 Å². The third-order valence-corrected chi connectivity index (χ3v) is 7.54. The van der Waals surface area contributed by atoms with Crippen molar-refractivity contribution in [2.24, 2.45) is 5.92 Å². The maximum Gasteiger partial charge on any atom is 0.224 e. The lowest BCUT2D eigenvalue weighted by molar-refractivity contribution is -0.127. The molecule has 1 aliphatic carbocycles. The van der Waals surface area contributed by atoms with Gasteiger partial charge in [0.1, 0.15) is 0 Å². The van der Waals surface area contributed by atoms with Crippen LogP contribution >= 0.6 is 0 Å². The van der Waals surface area contributed by atoms with Gasteiger partial charge in [0.25, 0.3) is 0 Å². The van der Waals surface area contributed by atoms with Crippen LogP contribution in [0.3, 0.4) is 0 Å². The second-order valence-corrected chi connectivity index (χ2v) is 11.7. The first-order chi connectivity index (χ1) is 17.7. The number of benzene rings is 2. The highest BCUT2D eigenvalue weighted by Gasteiger charge is 2.34. The number of carbonyl (C=O) groups is 1. The van der Waals surface area contributed by atoms with Crippen LogP contribution in [0.1, 0.15) is 49.9 Å². The fourth-order valence-electron chi connectivity index (χ4n) is 5.54. The van der Waals surface area contributed by atoms with Gasteiger partial charge in [-0.25, -0.2) is 0 Å². The van der Waals surface area contributed by atoms with E-state index in [1.807, 2.05) is 54.6 Å². The number of fused-ring (bicyclic) bond motifs is 1. The van der Waals surface area contributed by atoms with Crippen LogP contribution in [0.4, 0.5) is 0 Å². The molecule has 7 heteroatoms. The Morgan fingerprint density at radius 2 is 1.86 bits per heavy atom. The first-order valence-electron chi connectivity index (χ1n) is 13.7. The molecule has 4 rings (SSSR count). The van der Waals surface area contributed by atoms with Crippen molar-refractivity contribution in [2.45, 2.75) is 69.9 Å². The minimum atomic E-state index is -0.638. The van der Waals surface area contributed by atoms with Gasteiger partial charge in [0.2, 0.25) is 5.91 Å². The first kappa shape index (κ1) is 27.7. The van der Waals surface area contributed by atoms with E-state index < -0.39 is 24.2 Å². The lowest BCUT2D eigenvalue weighted by Gasteiger charge is -2.39. The van der Waals surface area contributed by atoms with Crippen molar-refractivity contribution in [1.29, 1.82) is 0 Å². The Balaban J connectivity index is 1.43. The lowest BCUT2D eigenvalue weighted by atomic mass is 9.91. The Morgan fingerprint density at radius 1 is 1.14 bits per heavy atom. The molecule has 1 amide bonds. The number of carbonyl (C=O) groups excluding carboxylic acids is 1. The first-order valence-corrected chi connectivity index (χ1v) is 13.7. The van der Waals surface area contributed by atoms with Crippen molar-refractivity contribution in [3.8, 4) is 0 Å². The molecule has 1 heterocycles. The van der Waals surface area contributed by atoms with Gasteiger partial charge in [-0.1, -0.05) is 54.6 Å². The monoisotopic (exact) mass is 508 g/mol. The zero-order valence-electron chi connectivity index (χ0n) is 22.5. The SMILES string of the molecule is CC(C)(C)NC[C@@H]1CNCCN1C[C@@H](O)C[C@@H](Cc1ccccc1)C(=O)N[C@H]1c2ccccc2C[C@H]1O. The van der Waals surface area contributed by atoms with E-state index in [0.29, 0.717) is 25.8 Å². The van der Waals surface area contributed by atoms with Crippen molar-refractivity contribution in [1.82, 2.24) is 20.9 Å². The van der Waals surface area contributed by atoms with Gasteiger partial charge in [-0.15, -0.1) is 0 Å². The molecule has 7 nitrogen and oxygen atoms in total. The molecule has 1 saturated heterocycles.